The van der Waals surface area contributed by atoms with E-state index in [2.05, 4.69) is 32.4 Å². The molecule has 0 fully saturated rings. The maximum Gasteiger partial charge on any atom is 0.118 e. The van der Waals surface area contributed by atoms with E-state index < -0.39 is 0 Å². The molecule has 0 bridgehead atoms. The first-order valence-corrected chi connectivity index (χ1v) is 4.41. The summed E-state index contributed by atoms with van der Waals surface area (Å²) in [5.74, 6) is 0.781. The molecule has 0 N–H and O–H groups in total. The van der Waals surface area contributed by atoms with Crippen LogP contribution in [0, 0.1) is 0 Å². The second-order valence-corrected chi connectivity index (χ2v) is 2.80. The lowest BCUT2D eigenvalue weighted by Crippen LogP contribution is -2.14. The van der Waals surface area contributed by atoms with Crippen LogP contribution in [-0.4, -0.2) is 25.6 Å². The molecule has 0 aromatic carbocycles. The zero-order chi connectivity index (χ0) is 10.3. The standard InChI is InChI=1S/C11H19NO/c1-6-11(13-5)9-8-10(3)12(4)7-2/h6,8-9H,1,7H2,2-5H3/b10-8+,11-9+. The summed E-state index contributed by atoms with van der Waals surface area (Å²) in [4.78, 5) is 2.16. The fourth-order valence-corrected chi connectivity index (χ4v) is 0.799. The van der Waals surface area contributed by atoms with Gasteiger partial charge >= 0.3 is 0 Å². The lowest BCUT2D eigenvalue weighted by atomic mass is 10.3. The van der Waals surface area contributed by atoms with Crippen molar-refractivity contribution in [3.05, 3.63) is 36.3 Å². The third-order valence-corrected chi connectivity index (χ3v) is 2.00. The molecule has 0 aromatic heterocycles. The number of hydrogen-bond donors (Lipinski definition) is 0. The van der Waals surface area contributed by atoms with Crippen LogP contribution in [0.3, 0.4) is 0 Å². The van der Waals surface area contributed by atoms with Crippen molar-refractivity contribution in [2.75, 3.05) is 20.7 Å². The van der Waals surface area contributed by atoms with Crippen LogP contribution < -0.4 is 0 Å². The lowest BCUT2D eigenvalue weighted by molar-refractivity contribution is 0.307. The van der Waals surface area contributed by atoms with Crippen LogP contribution in [0.1, 0.15) is 13.8 Å². The summed E-state index contributed by atoms with van der Waals surface area (Å²) in [5.41, 5.74) is 1.21. The van der Waals surface area contributed by atoms with E-state index in [1.165, 1.54) is 5.70 Å². The van der Waals surface area contributed by atoms with E-state index in [9.17, 15) is 0 Å². The van der Waals surface area contributed by atoms with Crippen LogP contribution in [0.15, 0.2) is 36.3 Å². The van der Waals surface area contributed by atoms with Crippen LogP contribution >= 0.6 is 0 Å². The van der Waals surface area contributed by atoms with Crippen molar-refractivity contribution in [1.29, 1.82) is 0 Å². The highest BCUT2D eigenvalue weighted by atomic mass is 16.5. The van der Waals surface area contributed by atoms with Crippen molar-refractivity contribution >= 4 is 0 Å². The van der Waals surface area contributed by atoms with Gasteiger partial charge in [0.05, 0.1) is 7.11 Å². The molecule has 0 unspecified atom stereocenters. The molecule has 0 saturated heterocycles. The Labute approximate surface area is 81.2 Å². The summed E-state index contributed by atoms with van der Waals surface area (Å²) in [6.07, 6.45) is 5.62. The minimum absolute atomic E-state index is 0.781. The molecule has 74 valence electrons. The highest BCUT2D eigenvalue weighted by Gasteiger charge is 1.92. The summed E-state index contributed by atoms with van der Waals surface area (Å²) in [7, 11) is 3.69. The van der Waals surface area contributed by atoms with Gasteiger partial charge in [-0.2, -0.15) is 0 Å². The summed E-state index contributed by atoms with van der Waals surface area (Å²) in [6, 6.07) is 0. The van der Waals surface area contributed by atoms with Crippen LogP contribution in [-0.2, 0) is 4.74 Å². The van der Waals surface area contributed by atoms with E-state index >= 15 is 0 Å². The lowest BCUT2D eigenvalue weighted by Gasteiger charge is -2.16. The summed E-state index contributed by atoms with van der Waals surface area (Å²) >= 11 is 0. The first-order valence-electron chi connectivity index (χ1n) is 4.41. The Morgan fingerprint density at radius 3 is 2.46 bits per heavy atom. The molecule has 0 aliphatic carbocycles. The number of ether oxygens (including phenoxy) is 1. The first kappa shape index (κ1) is 11.8. The second kappa shape index (κ2) is 6.35. The first-order chi connectivity index (χ1) is 6.15. The van der Waals surface area contributed by atoms with Gasteiger partial charge in [-0.15, -0.1) is 0 Å². The number of rotatable bonds is 5. The Morgan fingerprint density at radius 2 is 2.08 bits per heavy atom. The van der Waals surface area contributed by atoms with Gasteiger partial charge in [0.2, 0.25) is 0 Å². The fraction of sp³-hybridized carbons (Fsp3) is 0.455. The monoisotopic (exact) mass is 181 g/mol. The zero-order valence-electron chi connectivity index (χ0n) is 9.00. The van der Waals surface area contributed by atoms with E-state index in [-0.39, 0.29) is 0 Å². The van der Waals surface area contributed by atoms with Gasteiger partial charge in [-0.3, -0.25) is 0 Å². The van der Waals surface area contributed by atoms with Gasteiger partial charge in [-0.25, -0.2) is 0 Å². The molecule has 13 heavy (non-hydrogen) atoms. The van der Waals surface area contributed by atoms with Crippen LogP contribution in [0.4, 0.5) is 0 Å². The molecular weight excluding hydrogens is 162 g/mol. The van der Waals surface area contributed by atoms with Gasteiger partial charge in [-0.05, 0) is 32.1 Å². The van der Waals surface area contributed by atoms with Crippen molar-refractivity contribution in [1.82, 2.24) is 4.90 Å². The van der Waals surface area contributed by atoms with Crippen LogP contribution in [0.2, 0.25) is 0 Å². The van der Waals surface area contributed by atoms with Gasteiger partial charge < -0.3 is 9.64 Å². The van der Waals surface area contributed by atoms with E-state index in [1.54, 1.807) is 13.2 Å². The Morgan fingerprint density at radius 1 is 1.46 bits per heavy atom. The highest BCUT2D eigenvalue weighted by molar-refractivity contribution is 5.18. The molecular formula is C11H19NO. The van der Waals surface area contributed by atoms with Crippen LogP contribution in [0.25, 0.3) is 0 Å². The molecule has 0 radical (unpaired) electrons. The van der Waals surface area contributed by atoms with E-state index in [1.807, 2.05) is 12.2 Å². The summed E-state index contributed by atoms with van der Waals surface area (Å²) in [6.45, 7) is 8.83. The molecule has 2 heteroatoms. The number of nitrogens with zero attached hydrogens (tertiary/aromatic N) is 1. The van der Waals surface area contributed by atoms with Crippen LogP contribution in [0.5, 0.6) is 0 Å². The predicted octanol–water partition coefficient (Wildman–Crippen LogP) is 2.56. The molecule has 0 aliphatic heterocycles. The molecule has 0 spiro atoms. The highest BCUT2D eigenvalue weighted by Crippen LogP contribution is 2.02. The third kappa shape index (κ3) is 4.41. The molecule has 0 heterocycles. The summed E-state index contributed by atoms with van der Waals surface area (Å²) < 4.78 is 5.04. The average Bonchev–Trinajstić information content (AvgIpc) is 2.17. The molecule has 0 rings (SSSR count). The van der Waals surface area contributed by atoms with Crippen molar-refractivity contribution in [2.24, 2.45) is 0 Å². The average molecular weight is 181 g/mol. The maximum absolute atomic E-state index is 5.04. The fourth-order valence-electron chi connectivity index (χ4n) is 0.799. The van der Waals surface area contributed by atoms with Crippen molar-refractivity contribution in [3.63, 3.8) is 0 Å². The largest absolute Gasteiger partial charge is 0.497 e. The third-order valence-electron chi connectivity index (χ3n) is 2.00. The Hall–Kier alpha value is -1.18. The van der Waals surface area contributed by atoms with E-state index in [0.717, 1.165) is 12.3 Å². The number of hydrogen-bond acceptors (Lipinski definition) is 2. The second-order valence-electron chi connectivity index (χ2n) is 2.80. The van der Waals surface area contributed by atoms with E-state index in [4.69, 9.17) is 4.74 Å². The van der Waals surface area contributed by atoms with Gasteiger partial charge in [0, 0.05) is 19.3 Å². The maximum atomic E-state index is 5.04. The normalized spacial score (nSPS) is 12.6. The smallest absolute Gasteiger partial charge is 0.118 e. The molecule has 0 saturated carbocycles. The van der Waals surface area contributed by atoms with Gasteiger partial charge in [0.15, 0.2) is 0 Å². The Balaban J connectivity index is 4.38. The topological polar surface area (TPSA) is 12.5 Å². The molecule has 0 atom stereocenters. The molecule has 0 amide bonds. The zero-order valence-corrected chi connectivity index (χ0v) is 9.00. The molecule has 2 nitrogen and oxygen atoms in total. The van der Waals surface area contributed by atoms with Crippen molar-refractivity contribution < 1.29 is 4.74 Å². The minimum atomic E-state index is 0.781. The van der Waals surface area contributed by atoms with Gasteiger partial charge in [0.1, 0.15) is 5.76 Å². The van der Waals surface area contributed by atoms with Gasteiger partial charge in [-0.1, -0.05) is 6.58 Å². The van der Waals surface area contributed by atoms with E-state index in [0.29, 0.717) is 0 Å². The SMILES string of the molecule is C=C/C(=C\C=C(/C)N(C)CC)OC. The van der Waals surface area contributed by atoms with Crippen molar-refractivity contribution in [3.8, 4) is 0 Å². The summed E-state index contributed by atoms with van der Waals surface area (Å²) in [5, 5.41) is 0. The number of methoxy groups -OCH3 is 1. The molecule has 0 aromatic rings. The molecule has 0 aliphatic rings. The minimum Gasteiger partial charge on any atom is -0.497 e. The Kier molecular flexibility index (Phi) is 5.77. The number of allylic oxidation sites excluding steroid dienone is 4. The predicted molar refractivity (Wildman–Crippen MR) is 57.4 cm³/mol. The Bertz CT molecular complexity index is 216. The van der Waals surface area contributed by atoms with Gasteiger partial charge in [0.25, 0.3) is 0 Å². The quantitative estimate of drug-likeness (QED) is 0.477. The van der Waals surface area contributed by atoms with Crippen molar-refractivity contribution in [2.45, 2.75) is 13.8 Å².